The summed E-state index contributed by atoms with van der Waals surface area (Å²) in [4.78, 5) is 25.1. The fourth-order valence-corrected chi connectivity index (χ4v) is 2.52. The highest BCUT2D eigenvalue weighted by molar-refractivity contribution is 5.87. The minimum absolute atomic E-state index is 0.0815. The summed E-state index contributed by atoms with van der Waals surface area (Å²) in [6.07, 6.45) is 4.17. The number of carbonyl (C=O) groups is 2. The molecule has 1 aliphatic carbocycles. The molecule has 0 spiro atoms. The molecule has 0 saturated heterocycles. The van der Waals surface area contributed by atoms with Gasteiger partial charge in [0, 0.05) is 13.5 Å². The van der Waals surface area contributed by atoms with Crippen LogP contribution in [0.2, 0.25) is 0 Å². The van der Waals surface area contributed by atoms with Crippen molar-refractivity contribution in [3.63, 3.8) is 0 Å². The van der Waals surface area contributed by atoms with Crippen LogP contribution in [0.25, 0.3) is 0 Å². The monoisotopic (exact) mass is 251 g/mol. The van der Waals surface area contributed by atoms with Crippen LogP contribution in [0, 0.1) is 17.2 Å². The smallest absolute Gasteiger partial charge is 0.246 e. The molecule has 0 aromatic heterocycles. The minimum Gasteiger partial charge on any atom is -0.344 e. The highest BCUT2D eigenvalue weighted by atomic mass is 16.2. The van der Waals surface area contributed by atoms with Crippen molar-refractivity contribution in [2.75, 3.05) is 13.1 Å². The van der Waals surface area contributed by atoms with Crippen molar-refractivity contribution in [3.8, 4) is 6.07 Å². The standard InChI is InChI=1S/C13H21N3O2/c1-3-16(9-8-14)13(18)12(15-10(2)17)11-6-4-5-7-11/h11-12H,3-7,9H2,1-2H3,(H,15,17). The molecule has 1 atom stereocenters. The van der Waals surface area contributed by atoms with E-state index in [-0.39, 0.29) is 24.3 Å². The molecular weight excluding hydrogens is 230 g/mol. The molecule has 1 N–H and O–H groups in total. The maximum Gasteiger partial charge on any atom is 0.246 e. The number of nitriles is 1. The van der Waals surface area contributed by atoms with Crippen LogP contribution >= 0.6 is 0 Å². The van der Waals surface area contributed by atoms with E-state index in [4.69, 9.17) is 5.26 Å². The molecule has 2 amide bonds. The highest BCUT2D eigenvalue weighted by Gasteiger charge is 2.33. The third-order valence-electron chi connectivity index (χ3n) is 3.45. The summed E-state index contributed by atoms with van der Waals surface area (Å²) < 4.78 is 0. The Kier molecular flexibility index (Phi) is 5.63. The lowest BCUT2D eigenvalue weighted by Gasteiger charge is -2.28. The Morgan fingerprint density at radius 1 is 1.44 bits per heavy atom. The van der Waals surface area contributed by atoms with Crippen LogP contribution in [0.5, 0.6) is 0 Å². The Morgan fingerprint density at radius 2 is 2.06 bits per heavy atom. The molecule has 0 bridgehead atoms. The maximum absolute atomic E-state index is 12.3. The van der Waals surface area contributed by atoms with Crippen molar-refractivity contribution in [1.82, 2.24) is 10.2 Å². The van der Waals surface area contributed by atoms with Gasteiger partial charge in [0.05, 0.1) is 6.07 Å². The fraction of sp³-hybridized carbons (Fsp3) is 0.769. The normalized spacial score (nSPS) is 16.9. The fourth-order valence-electron chi connectivity index (χ4n) is 2.52. The zero-order valence-electron chi connectivity index (χ0n) is 11.1. The van der Waals surface area contributed by atoms with Crippen molar-refractivity contribution in [3.05, 3.63) is 0 Å². The Labute approximate surface area is 108 Å². The van der Waals surface area contributed by atoms with Crippen LogP contribution in [0.1, 0.15) is 39.5 Å². The molecule has 0 radical (unpaired) electrons. The van der Waals surface area contributed by atoms with Gasteiger partial charge in [0.25, 0.3) is 0 Å². The van der Waals surface area contributed by atoms with Gasteiger partial charge >= 0.3 is 0 Å². The summed E-state index contributed by atoms with van der Waals surface area (Å²) in [6, 6.07) is 1.53. The highest BCUT2D eigenvalue weighted by Crippen LogP contribution is 2.28. The molecule has 1 fully saturated rings. The van der Waals surface area contributed by atoms with Crippen molar-refractivity contribution in [1.29, 1.82) is 5.26 Å². The third kappa shape index (κ3) is 3.73. The van der Waals surface area contributed by atoms with E-state index in [9.17, 15) is 9.59 Å². The molecule has 1 rings (SSSR count). The van der Waals surface area contributed by atoms with Crippen molar-refractivity contribution < 1.29 is 9.59 Å². The van der Waals surface area contributed by atoms with Gasteiger partial charge in [-0.25, -0.2) is 0 Å². The predicted molar refractivity (Wildman–Crippen MR) is 67.4 cm³/mol. The number of likely N-dealkylation sites (N-methyl/N-ethyl adjacent to an activating group) is 1. The Morgan fingerprint density at radius 3 is 2.50 bits per heavy atom. The second-order valence-corrected chi connectivity index (χ2v) is 4.73. The molecule has 5 nitrogen and oxygen atoms in total. The lowest BCUT2D eigenvalue weighted by atomic mass is 9.96. The molecule has 1 aliphatic rings. The van der Waals surface area contributed by atoms with Crippen LogP contribution in [-0.4, -0.2) is 35.8 Å². The van der Waals surface area contributed by atoms with Gasteiger partial charge in [0.1, 0.15) is 12.6 Å². The predicted octanol–water partition coefficient (Wildman–Crippen LogP) is 1.05. The largest absolute Gasteiger partial charge is 0.344 e. The summed E-state index contributed by atoms with van der Waals surface area (Å²) in [5.41, 5.74) is 0. The van der Waals surface area contributed by atoms with Crippen molar-refractivity contribution in [2.45, 2.75) is 45.6 Å². The van der Waals surface area contributed by atoms with Gasteiger partial charge in [-0.3, -0.25) is 9.59 Å². The Hall–Kier alpha value is -1.57. The Balaban J connectivity index is 2.77. The molecule has 0 aromatic carbocycles. The van der Waals surface area contributed by atoms with Gasteiger partial charge < -0.3 is 10.2 Å². The SMILES string of the molecule is CCN(CC#N)C(=O)C(NC(C)=O)C1CCCC1. The molecule has 0 aliphatic heterocycles. The van der Waals surface area contributed by atoms with Gasteiger partial charge in [-0.2, -0.15) is 5.26 Å². The van der Waals surface area contributed by atoms with Gasteiger partial charge in [-0.1, -0.05) is 12.8 Å². The molecule has 1 unspecified atom stereocenters. The molecule has 0 heterocycles. The first-order chi connectivity index (χ1) is 8.60. The van der Waals surface area contributed by atoms with Crippen LogP contribution in [0.4, 0.5) is 0 Å². The summed E-state index contributed by atoms with van der Waals surface area (Å²) >= 11 is 0. The molecular formula is C13H21N3O2. The number of rotatable bonds is 5. The number of hydrogen-bond acceptors (Lipinski definition) is 3. The van der Waals surface area contributed by atoms with E-state index in [1.807, 2.05) is 13.0 Å². The first kappa shape index (κ1) is 14.5. The van der Waals surface area contributed by atoms with Crippen molar-refractivity contribution in [2.24, 2.45) is 5.92 Å². The number of hydrogen-bond donors (Lipinski definition) is 1. The van der Waals surface area contributed by atoms with Crippen LogP contribution in [0.15, 0.2) is 0 Å². The average molecular weight is 251 g/mol. The van der Waals surface area contributed by atoms with E-state index in [0.717, 1.165) is 25.7 Å². The van der Waals surface area contributed by atoms with E-state index >= 15 is 0 Å². The van der Waals surface area contributed by atoms with E-state index in [1.165, 1.54) is 11.8 Å². The average Bonchev–Trinajstić information content (AvgIpc) is 2.85. The number of amides is 2. The first-order valence-corrected chi connectivity index (χ1v) is 6.53. The van der Waals surface area contributed by atoms with Crippen molar-refractivity contribution >= 4 is 11.8 Å². The molecule has 5 heteroatoms. The lowest BCUT2D eigenvalue weighted by Crippen LogP contribution is -2.51. The third-order valence-corrected chi connectivity index (χ3v) is 3.45. The summed E-state index contributed by atoms with van der Waals surface area (Å²) in [7, 11) is 0. The summed E-state index contributed by atoms with van der Waals surface area (Å²) in [5.74, 6) is -0.0939. The number of nitrogens with one attached hydrogen (secondary N) is 1. The van der Waals surface area contributed by atoms with Gasteiger partial charge in [0.15, 0.2) is 0 Å². The van der Waals surface area contributed by atoms with E-state index in [1.54, 1.807) is 0 Å². The van der Waals surface area contributed by atoms with Gasteiger partial charge in [-0.05, 0) is 25.7 Å². The minimum atomic E-state index is -0.460. The summed E-state index contributed by atoms with van der Waals surface area (Å²) in [6.45, 7) is 3.85. The van der Waals surface area contributed by atoms with Crippen LogP contribution in [-0.2, 0) is 9.59 Å². The van der Waals surface area contributed by atoms with Crippen LogP contribution in [0.3, 0.4) is 0 Å². The Bertz CT molecular complexity index is 343. The molecule has 18 heavy (non-hydrogen) atoms. The van der Waals surface area contributed by atoms with Crippen LogP contribution < -0.4 is 5.32 Å². The van der Waals surface area contributed by atoms with E-state index in [0.29, 0.717) is 6.54 Å². The molecule has 100 valence electrons. The topological polar surface area (TPSA) is 73.2 Å². The maximum atomic E-state index is 12.3. The second-order valence-electron chi connectivity index (χ2n) is 4.73. The zero-order valence-corrected chi connectivity index (χ0v) is 11.1. The molecule has 0 aromatic rings. The lowest BCUT2D eigenvalue weighted by molar-refractivity contribution is -0.137. The van der Waals surface area contributed by atoms with Gasteiger partial charge in [-0.15, -0.1) is 0 Å². The van der Waals surface area contributed by atoms with E-state index < -0.39 is 6.04 Å². The first-order valence-electron chi connectivity index (χ1n) is 6.53. The molecule has 1 saturated carbocycles. The summed E-state index contributed by atoms with van der Waals surface area (Å²) in [5, 5.41) is 11.5. The number of carbonyl (C=O) groups excluding carboxylic acids is 2. The second kappa shape index (κ2) is 7.00. The van der Waals surface area contributed by atoms with Gasteiger partial charge in [0.2, 0.25) is 11.8 Å². The van der Waals surface area contributed by atoms with E-state index in [2.05, 4.69) is 5.32 Å². The zero-order chi connectivity index (χ0) is 13.5. The quantitative estimate of drug-likeness (QED) is 0.742. The number of nitrogens with zero attached hydrogens (tertiary/aromatic N) is 2.